The van der Waals surface area contributed by atoms with E-state index in [2.05, 4.69) is 26.3 Å². The number of amides is 3. The van der Waals surface area contributed by atoms with Crippen molar-refractivity contribution in [1.29, 1.82) is 0 Å². The van der Waals surface area contributed by atoms with Crippen LogP contribution in [0.15, 0.2) is 72.9 Å². The summed E-state index contributed by atoms with van der Waals surface area (Å²) in [6, 6.07) is 16.6. The van der Waals surface area contributed by atoms with E-state index in [1.165, 1.54) is 0 Å². The molecule has 0 saturated heterocycles. The van der Waals surface area contributed by atoms with E-state index in [-0.39, 0.29) is 11.6 Å². The Morgan fingerprint density at radius 2 is 1.75 bits per heavy atom. The van der Waals surface area contributed by atoms with Gasteiger partial charge >= 0.3 is 6.03 Å². The lowest BCUT2D eigenvalue weighted by atomic mass is 10.1. The largest absolute Gasteiger partial charge is 0.362 e. The summed E-state index contributed by atoms with van der Waals surface area (Å²) in [7, 11) is 0. The number of fused-ring (bicyclic) bond motifs is 1. The maximum atomic E-state index is 13.8. The quantitative estimate of drug-likeness (QED) is 0.209. The van der Waals surface area contributed by atoms with Crippen molar-refractivity contribution >= 4 is 52.0 Å². The van der Waals surface area contributed by atoms with Crippen LogP contribution in [0.3, 0.4) is 0 Å². The van der Waals surface area contributed by atoms with Gasteiger partial charge in [-0.1, -0.05) is 12.1 Å². The zero-order chi connectivity index (χ0) is 25.2. The van der Waals surface area contributed by atoms with Gasteiger partial charge in [0.05, 0.1) is 16.9 Å². The molecule has 0 radical (unpaired) electrons. The summed E-state index contributed by atoms with van der Waals surface area (Å²) in [4.78, 5) is 27.9. The molecule has 5 N–H and O–H groups in total. The molecule has 9 heteroatoms. The van der Waals surface area contributed by atoms with Gasteiger partial charge in [0.2, 0.25) is 0 Å². The zero-order valence-corrected chi connectivity index (χ0v) is 19.1. The average Bonchev–Trinajstić information content (AvgIpc) is 3.46. The summed E-state index contributed by atoms with van der Waals surface area (Å²) in [5.74, 6) is -1.58. The second kappa shape index (κ2) is 9.38. The number of rotatable bonds is 5. The van der Waals surface area contributed by atoms with E-state index in [4.69, 9.17) is 0 Å². The van der Waals surface area contributed by atoms with Crippen molar-refractivity contribution in [3.05, 3.63) is 101 Å². The molecule has 0 aliphatic carbocycles. The number of benzene rings is 3. The highest BCUT2D eigenvalue weighted by molar-refractivity contribution is 6.35. The highest BCUT2D eigenvalue weighted by atomic mass is 19.1. The van der Waals surface area contributed by atoms with Crippen LogP contribution >= 0.6 is 0 Å². The van der Waals surface area contributed by atoms with Crippen LogP contribution in [0, 0.1) is 18.6 Å². The number of hydrogen-bond donors (Lipinski definition) is 5. The third-order valence-electron chi connectivity index (χ3n) is 5.68. The fourth-order valence-electron chi connectivity index (χ4n) is 3.87. The molecule has 1 aromatic heterocycles. The molecule has 0 saturated carbocycles. The van der Waals surface area contributed by atoms with E-state index in [0.29, 0.717) is 16.9 Å². The molecule has 3 amide bonds. The minimum absolute atomic E-state index is 0.181. The SMILES string of the molecule is Cc1ccc(NC(=O)Nc2cc(F)ccc2F)cc1Nc1ccc2c(c1)NC(=O)/C2=C\c1ccc[nH]1. The molecule has 0 bridgehead atoms. The Bertz CT molecular complexity index is 1510. The first-order valence-corrected chi connectivity index (χ1v) is 11.1. The van der Waals surface area contributed by atoms with Gasteiger partial charge in [-0.25, -0.2) is 13.6 Å². The third-order valence-corrected chi connectivity index (χ3v) is 5.68. The van der Waals surface area contributed by atoms with Crippen LogP contribution in [0.5, 0.6) is 0 Å². The Kier molecular flexibility index (Phi) is 5.95. The number of H-pyrrole nitrogens is 1. The molecule has 7 nitrogen and oxygen atoms in total. The Balaban J connectivity index is 1.32. The maximum Gasteiger partial charge on any atom is 0.323 e. The van der Waals surface area contributed by atoms with E-state index < -0.39 is 17.7 Å². The van der Waals surface area contributed by atoms with Gasteiger partial charge in [0, 0.05) is 40.6 Å². The zero-order valence-electron chi connectivity index (χ0n) is 19.1. The molecule has 0 atom stereocenters. The molecular weight excluding hydrogens is 464 g/mol. The topological polar surface area (TPSA) is 98.0 Å². The summed E-state index contributed by atoms with van der Waals surface area (Å²) < 4.78 is 27.2. The van der Waals surface area contributed by atoms with Crippen molar-refractivity contribution < 1.29 is 18.4 Å². The Morgan fingerprint density at radius 3 is 2.56 bits per heavy atom. The van der Waals surface area contributed by atoms with Gasteiger partial charge in [0.25, 0.3) is 5.91 Å². The van der Waals surface area contributed by atoms with Crippen LogP contribution in [0.1, 0.15) is 16.8 Å². The van der Waals surface area contributed by atoms with Crippen molar-refractivity contribution in [3.63, 3.8) is 0 Å². The van der Waals surface area contributed by atoms with E-state index >= 15 is 0 Å². The molecule has 0 fully saturated rings. The number of urea groups is 1. The lowest BCUT2D eigenvalue weighted by molar-refractivity contribution is -0.110. The molecule has 5 rings (SSSR count). The molecule has 1 aliphatic heterocycles. The van der Waals surface area contributed by atoms with Crippen molar-refractivity contribution in [2.24, 2.45) is 0 Å². The summed E-state index contributed by atoms with van der Waals surface area (Å²) in [5.41, 5.74) is 5.44. The molecule has 3 aromatic carbocycles. The summed E-state index contributed by atoms with van der Waals surface area (Å²) in [6.45, 7) is 1.90. The van der Waals surface area contributed by atoms with Gasteiger partial charge in [-0.05, 0) is 67.1 Å². The molecule has 1 aliphatic rings. The number of halogens is 2. The summed E-state index contributed by atoms with van der Waals surface area (Å²) >= 11 is 0. The monoisotopic (exact) mass is 485 g/mol. The number of carbonyl (C=O) groups excluding carboxylic acids is 2. The van der Waals surface area contributed by atoms with E-state index in [9.17, 15) is 18.4 Å². The minimum atomic E-state index is -0.743. The van der Waals surface area contributed by atoms with Gasteiger partial charge in [-0.15, -0.1) is 0 Å². The van der Waals surface area contributed by atoms with E-state index in [0.717, 1.165) is 46.4 Å². The van der Waals surface area contributed by atoms with Gasteiger partial charge < -0.3 is 26.3 Å². The van der Waals surface area contributed by atoms with Crippen LogP contribution in [0.4, 0.5) is 42.0 Å². The summed E-state index contributed by atoms with van der Waals surface area (Å²) in [5, 5.41) is 11.1. The normalized spacial score (nSPS) is 13.3. The number of carbonyl (C=O) groups is 2. The van der Waals surface area contributed by atoms with Gasteiger partial charge in [0.1, 0.15) is 11.6 Å². The van der Waals surface area contributed by atoms with Gasteiger partial charge in [0.15, 0.2) is 0 Å². The average molecular weight is 485 g/mol. The molecule has 180 valence electrons. The van der Waals surface area contributed by atoms with Crippen LogP contribution < -0.4 is 21.3 Å². The molecule has 4 aromatic rings. The van der Waals surface area contributed by atoms with Crippen molar-refractivity contribution in [3.8, 4) is 0 Å². The highest BCUT2D eigenvalue weighted by Crippen LogP contribution is 2.36. The molecule has 2 heterocycles. The summed E-state index contributed by atoms with van der Waals surface area (Å²) in [6.07, 6.45) is 3.59. The van der Waals surface area contributed by atoms with Crippen LogP contribution in [-0.2, 0) is 4.79 Å². The third kappa shape index (κ3) is 4.80. The lowest BCUT2D eigenvalue weighted by Crippen LogP contribution is -2.20. The first-order chi connectivity index (χ1) is 17.4. The standard InChI is InChI=1S/C27H21F2N5O2/c1-15-4-6-19(32-27(36)34-25-11-16(28)5-9-22(25)29)13-23(15)31-18-7-8-20-21(12-17-3-2-10-30-17)26(35)33-24(20)14-18/h2-14,30-31H,1H3,(H,33,35)(H2,32,34,36)/b21-12-. The highest BCUT2D eigenvalue weighted by Gasteiger charge is 2.24. The van der Waals surface area contributed by atoms with Crippen LogP contribution in [0.25, 0.3) is 11.6 Å². The molecular formula is C27H21F2N5O2. The van der Waals surface area contributed by atoms with Gasteiger partial charge in [-0.3, -0.25) is 4.79 Å². The smallest absolute Gasteiger partial charge is 0.323 e. The maximum absolute atomic E-state index is 13.8. The van der Waals surface area contributed by atoms with Crippen molar-refractivity contribution in [2.75, 3.05) is 21.3 Å². The number of aryl methyl sites for hydroxylation is 1. The Morgan fingerprint density at radius 1 is 0.917 bits per heavy atom. The Hall–Kier alpha value is -4.92. The predicted molar refractivity (Wildman–Crippen MR) is 137 cm³/mol. The molecule has 36 heavy (non-hydrogen) atoms. The van der Waals surface area contributed by atoms with E-state index in [1.807, 2.05) is 43.3 Å². The first kappa shape index (κ1) is 22.9. The fraction of sp³-hybridized carbons (Fsp3) is 0.0370. The lowest BCUT2D eigenvalue weighted by Gasteiger charge is -2.14. The van der Waals surface area contributed by atoms with Crippen molar-refractivity contribution in [1.82, 2.24) is 4.98 Å². The molecule has 0 spiro atoms. The van der Waals surface area contributed by atoms with Crippen LogP contribution in [-0.4, -0.2) is 16.9 Å². The second-order valence-electron chi connectivity index (χ2n) is 8.26. The van der Waals surface area contributed by atoms with Crippen molar-refractivity contribution in [2.45, 2.75) is 6.92 Å². The predicted octanol–water partition coefficient (Wildman–Crippen LogP) is 6.48. The second-order valence-corrected chi connectivity index (χ2v) is 8.26. The van der Waals surface area contributed by atoms with E-state index in [1.54, 1.807) is 24.4 Å². The number of aromatic amines is 1. The Labute approximate surface area is 205 Å². The van der Waals surface area contributed by atoms with Crippen LogP contribution in [0.2, 0.25) is 0 Å². The molecule has 0 unspecified atom stereocenters. The van der Waals surface area contributed by atoms with Gasteiger partial charge in [-0.2, -0.15) is 0 Å². The first-order valence-electron chi connectivity index (χ1n) is 11.1. The number of aromatic nitrogens is 1. The fourth-order valence-corrected chi connectivity index (χ4v) is 3.87. The number of nitrogens with one attached hydrogen (secondary N) is 5. The number of anilines is 5. The minimum Gasteiger partial charge on any atom is -0.362 e. The number of hydrogen-bond acceptors (Lipinski definition) is 3.